The summed E-state index contributed by atoms with van der Waals surface area (Å²) in [6, 6.07) is 9.52. The summed E-state index contributed by atoms with van der Waals surface area (Å²) < 4.78 is 0.945. The predicted molar refractivity (Wildman–Crippen MR) is 88.8 cm³/mol. The SMILES string of the molecule is Cc1ccc(C23CC4CC(CC(C2)C(I)C4)C3)cc1. The molecule has 4 bridgehead atoms. The largest absolute Gasteiger partial charge is 0.0823 e. The second kappa shape index (κ2) is 4.47. The van der Waals surface area contributed by atoms with Gasteiger partial charge in [-0.2, -0.15) is 0 Å². The Bertz CT molecular complexity index is 477. The average Bonchev–Trinajstić information content (AvgIpc) is 2.53. The first kappa shape index (κ1) is 12.7. The van der Waals surface area contributed by atoms with Crippen LogP contribution in [0.4, 0.5) is 0 Å². The molecule has 4 fully saturated rings. The average molecular weight is 366 g/mol. The quantitative estimate of drug-likeness (QED) is 0.469. The van der Waals surface area contributed by atoms with Crippen molar-refractivity contribution in [2.24, 2.45) is 17.8 Å². The lowest BCUT2D eigenvalue weighted by Crippen LogP contribution is -2.41. The summed E-state index contributed by atoms with van der Waals surface area (Å²) in [7, 11) is 0. The molecule has 1 aromatic carbocycles. The van der Waals surface area contributed by atoms with Crippen LogP contribution in [0.3, 0.4) is 0 Å². The maximum atomic E-state index is 2.76. The van der Waals surface area contributed by atoms with Crippen LogP contribution in [-0.2, 0) is 5.41 Å². The topological polar surface area (TPSA) is 0 Å². The molecule has 5 unspecified atom stereocenters. The smallest absolute Gasteiger partial charge is 0.0141 e. The number of alkyl halides is 1. The lowest BCUT2D eigenvalue weighted by molar-refractivity contribution is 0.0993. The molecule has 19 heavy (non-hydrogen) atoms. The molecule has 0 heterocycles. The summed E-state index contributed by atoms with van der Waals surface area (Å²) in [6.07, 6.45) is 8.97. The van der Waals surface area contributed by atoms with Gasteiger partial charge in [-0.1, -0.05) is 52.4 Å². The van der Waals surface area contributed by atoms with Crippen LogP contribution in [0.2, 0.25) is 0 Å². The number of fused-ring (bicyclic) bond motifs is 1. The molecule has 4 aliphatic carbocycles. The zero-order valence-electron chi connectivity index (χ0n) is 11.7. The molecular formula is C18H23I. The Morgan fingerprint density at radius 2 is 1.63 bits per heavy atom. The van der Waals surface area contributed by atoms with Gasteiger partial charge in [0.15, 0.2) is 0 Å². The summed E-state index contributed by atoms with van der Waals surface area (Å²) >= 11 is 2.76. The molecule has 5 rings (SSSR count). The van der Waals surface area contributed by atoms with Crippen molar-refractivity contribution in [3.8, 4) is 0 Å². The van der Waals surface area contributed by atoms with E-state index in [0.717, 1.165) is 21.7 Å². The highest BCUT2D eigenvalue weighted by atomic mass is 127. The minimum absolute atomic E-state index is 0.546. The monoisotopic (exact) mass is 366 g/mol. The highest BCUT2D eigenvalue weighted by Crippen LogP contribution is 2.59. The first-order chi connectivity index (χ1) is 9.14. The van der Waals surface area contributed by atoms with Gasteiger partial charge in [-0.25, -0.2) is 0 Å². The summed E-state index contributed by atoms with van der Waals surface area (Å²) in [6.45, 7) is 2.20. The first-order valence-corrected chi connectivity index (χ1v) is 9.10. The Morgan fingerprint density at radius 1 is 0.947 bits per heavy atom. The fourth-order valence-electron chi connectivity index (χ4n) is 5.41. The second-order valence-corrected chi connectivity index (χ2v) is 9.07. The Hall–Kier alpha value is -0.0500. The fraction of sp³-hybridized carbons (Fsp3) is 0.667. The molecule has 0 radical (unpaired) electrons. The third-order valence-electron chi connectivity index (χ3n) is 6.05. The molecule has 5 atom stereocenters. The molecule has 102 valence electrons. The van der Waals surface area contributed by atoms with Crippen LogP contribution in [0, 0.1) is 24.7 Å². The Morgan fingerprint density at radius 3 is 2.37 bits per heavy atom. The van der Waals surface area contributed by atoms with Gasteiger partial charge in [-0.05, 0) is 74.2 Å². The van der Waals surface area contributed by atoms with Gasteiger partial charge >= 0.3 is 0 Å². The molecule has 0 aliphatic heterocycles. The number of aryl methyl sites for hydroxylation is 1. The minimum atomic E-state index is 0.546. The van der Waals surface area contributed by atoms with Crippen molar-refractivity contribution in [1.82, 2.24) is 0 Å². The molecule has 0 saturated heterocycles. The van der Waals surface area contributed by atoms with Crippen LogP contribution >= 0.6 is 22.6 Å². The van der Waals surface area contributed by atoms with Gasteiger partial charge in [0.2, 0.25) is 0 Å². The predicted octanol–water partition coefficient (Wildman–Crippen LogP) is 5.27. The zero-order valence-corrected chi connectivity index (χ0v) is 13.9. The van der Waals surface area contributed by atoms with E-state index in [1.165, 1.54) is 44.1 Å². The molecule has 0 spiro atoms. The fourth-order valence-corrected chi connectivity index (χ4v) is 6.68. The maximum absolute atomic E-state index is 2.76. The lowest BCUT2D eigenvalue weighted by atomic mass is 9.56. The lowest BCUT2D eigenvalue weighted by Gasteiger charge is -2.49. The van der Waals surface area contributed by atoms with Gasteiger partial charge < -0.3 is 0 Å². The molecule has 1 aromatic rings. The number of halogens is 1. The van der Waals surface area contributed by atoms with Crippen LogP contribution < -0.4 is 0 Å². The Kier molecular flexibility index (Phi) is 2.98. The van der Waals surface area contributed by atoms with E-state index >= 15 is 0 Å². The van der Waals surface area contributed by atoms with Gasteiger partial charge in [0.05, 0.1) is 0 Å². The summed E-state index contributed by atoms with van der Waals surface area (Å²) in [5, 5.41) is 0. The van der Waals surface area contributed by atoms with Crippen LogP contribution in [0.25, 0.3) is 0 Å². The Labute approximate surface area is 130 Å². The summed E-state index contributed by atoms with van der Waals surface area (Å²) in [5.74, 6) is 3.03. The summed E-state index contributed by atoms with van der Waals surface area (Å²) in [4.78, 5) is 0. The number of hydrogen-bond donors (Lipinski definition) is 0. The second-order valence-electron chi connectivity index (χ2n) is 7.47. The van der Waals surface area contributed by atoms with Crippen molar-refractivity contribution in [3.05, 3.63) is 35.4 Å². The van der Waals surface area contributed by atoms with Gasteiger partial charge in [-0.15, -0.1) is 0 Å². The van der Waals surface area contributed by atoms with Crippen LogP contribution in [0.5, 0.6) is 0 Å². The van der Waals surface area contributed by atoms with E-state index < -0.39 is 0 Å². The molecule has 4 saturated carbocycles. The van der Waals surface area contributed by atoms with Crippen LogP contribution in [0.15, 0.2) is 24.3 Å². The van der Waals surface area contributed by atoms with E-state index in [9.17, 15) is 0 Å². The van der Waals surface area contributed by atoms with Gasteiger partial charge in [0.25, 0.3) is 0 Å². The third-order valence-corrected chi connectivity index (χ3v) is 7.57. The maximum Gasteiger partial charge on any atom is 0.0141 e. The van der Waals surface area contributed by atoms with E-state index in [2.05, 4.69) is 53.8 Å². The third kappa shape index (κ3) is 2.07. The highest BCUT2D eigenvalue weighted by Gasteiger charge is 2.51. The van der Waals surface area contributed by atoms with Crippen LogP contribution in [0.1, 0.15) is 49.7 Å². The van der Waals surface area contributed by atoms with Crippen molar-refractivity contribution in [3.63, 3.8) is 0 Å². The zero-order chi connectivity index (χ0) is 13.0. The normalized spacial score (nSPS) is 44.3. The van der Waals surface area contributed by atoms with E-state index in [0.29, 0.717) is 5.41 Å². The molecule has 0 aromatic heterocycles. The van der Waals surface area contributed by atoms with Gasteiger partial charge in [0, 0.05) is 3.92 Å². The molecule has 0 amide bonds. The van der Waals surface area contributed by atoms with E-state index in [4.69, 9.17) is 0 Å². The van der Waals surface area contributed by atoms with Gasteiger partial charge in [0.1, 0.15) is 0 Å². The van der Waals surface area contributed by atoms with Crippen molar-refractivity contribution in [1.29, 1.82) is 0 Å². The van der Waals surface area contributed by atoms with Crippen molar-refractivity contribution in [2.45, 2.75) is 54.8 Å². The minimum Gasteiger partial charge on any atom is -0.0823 e. The van der Waals surface area contributed by atoms with Crippen molar-refractivity contribution < 1.29 is 0 Å². The first-order valence-electron chi connectivity index (χ1n) is 7.86. The Balaban J connectivity index is 1.76. The highest BCUT2D eigenvalue weighted by molar-refractivity contribution is 14.1. The van der Waals surface area contributed by atoms with E-state index in [-0.39, 0.29) is 0 Å². The molecular weight excluding hydrogens is 343 g/mol. The molecule has 4 aliphatic rings. The van der Waals surface area contributed by atoms with Crippen molar-refractivity contribution in [2.75, 3.05) is 0 Å². The summed E-state index contributed by atoms with van der Waals surface area (Å²) in [5.41, 5.74) is 3.60. The molecule has 1 heteroatoms. The van der Waals surface area contributed by atoms with Crippen molar-refractivity contribution >= 4 is 22.6 Å². The standard InChI is InChI=1S/C18H23I/c1-12-2-4-16(5-3-12)18-9-13-6-14(10-18)8-17(19)15(7-13)11-18/h2-5,13-15,17H,6-11H2,1H3. The number of benzene rings is 1. The van der Waals surface area contributed by atoms with E-state index in [1.54, 1.807) is 5.56 Å². The molecule has 0 nitrogen and oxygen atoms in total. The van der Waals surface area contributed by atoms with E-state index in [1.807, 2.05) is 0 Å². The number of hydrogen-bond acceptors (Lipinski definition) is 0. The number of rotatable bonds is 1. The molecule has 0 N–H and O–H groups in total. The van der Waals surface area contributed by atoms with Crippen LogP contribution in [-0.4, -0.2) is 3.92 Å². The van der Waals surface area contributed by atoms with Gasteiger partial charge in [-0.3, -0.25) is 0 Å².